The van der Waals surface area contributed by atoms with Gasteiger partial charge < -0.3 is 19.6 Å². The van der Waals surface area contributed by atoms with Crippen molar-refractivity contribution in [3.63, 3.8) is 0 Å². The highest BCUT2D eigenvalue weighted by Gasteiger charge is 2.29. The second-order valence-corrected chi connectivity index (χ2v) is 15.1. The number of ether oxygens (including phenoxy) is 1. The van der Waals surface area contributed by atoms with Crippen LogP contribution >= 0.6 is 15.9 Å². The summed E-state index contributed by atoms with van der Waals surface area (Å²) in [6.45, 7) is 8.43. The molecule has 12 nitrogen and oxygen atoms in total. The van der Waals surface area contributed by atoms with Gasteiger partial charge in [-0.25, -0.2) is 26.8 Å². The minimum atomic E-state index is -3.64. The minimum absolute atomic E-state index is 0.0607. The normalized spacial score (nSPS) is 19.4. The molecule has 6 rings (SSSR count). The van der Waals surface area contributed by atoms with Crippen molar-refractivity contribution >= 4 is 53.5 Å². The van der Waals surface area contributed by atoms with Gasteiger partial charge in [-0.15, -0.1) is 0 Å². The van der Waals surface area contributed by atoms with Gasteiger partial charge in [-0.1, -0.05) is 6.07 Å². The van der Waals surface area contributed by atoms with Gasteiger partial charge in [0.1, 0.15) is 16.7 Å². The molecule has 2 atom stereocenters. The standard InChI is InChI=1S/C28H34BrN7O5S2/c1-17-13-23(18(2)36(17)21-5-4-6-22(14-21)43(39,40)35-9-11-41-12-10-35)27-32-26-25(24(29)15-30-28(26)33-27)31-20-7-8-34(16-20)19(3)42(37)38/h4-6,13-15,19-20,42H,7-12,16H2,1-3H3,(H2,30,31,32,33)/t19-,20-/m0/s1. The number of benzene rings is 1. The molecule has 2 saturated heterocycles. The van der Waals surface area contributed by atoms with Crippen LogP contribution in [0.25, 0.3) is 28.2 Å². The van der Waals surface area contributed by atoms with Crippen molar-refractivity contribution < 1.29 is 21.6 Å². The van der Waals surface area contributed by atoms with E-state index in [1.54, 1.807) is 31.3 Å². The van der Waals surface area contributed by atoms with Gasteiger partial charge in [0, 0.05) is 61.1 Å². The molecule has 2 aliphatic rings. The van der Waals surface area contributed by atoms with Crippen LogP contribution < -0.4 is 5.32 Å². The average molecular weight is 693 g/mol. The number of sulfonamides is 1. The van der Waals surface area contributed by atoms with Gasteiger partial charge in [0.25, 0.3) is 0 Å². The Morgan fingerprint density at radius 1 is 1.16 bits per heavy atom. The molecular formula is C28H34BrN7O5S2. The molecule has 0 radical (unpaired) electrons. The lowest BCUT2D eigenvalue weighted by molar-refractivity contribution is 0.0730. The summed E-state index contributed by atoms with van der Waals surface area (Å²) in [4.78, 5) is 15.1. The van der Waals surface area contributed by atoms with Gasteiger partial charge in [0.15, 0.2) is 16.4 Å². The Labute approximate surface area is 260 Å². The Balaban J connectivity index is 1.31. The number of hydrogen-bond acceptors (Lipinski definition) is 9. The molecule has 3 aromatic heterocycles. The summed E-state index contributed by atoms with van der Waals surface area (Å²) in [5.41, 5.74) is 5.54. The van der Waals surface area contributed by atoms with E-state index in [4.69, 9.17) is 9.72 Å². The van der Waals surface area contributed by atoms with Gasteiger partial charge in [-0.2, -0.15) is 4.31 Å². The molecule has 2 N–H and O–H groups in total. The molecule has 43 heavy (non-hydrogen) atoms. The maximum atomic E-state index is 13.3. The van der Waals surface area contributed by atoms with E-state index < -0.39 is 26.1 Å². The molecule has 0 aliphatic carbocycles. The highest BCUT2D eigenvalue weighted by Crippen LogP contribution is 2.35. The van der Waals surface area contributed by atoms with Crippen molar-refractivity contribution in [1.82, 2.24) is 28.7 Å². The summed E-state index contributed by atoms with van der Waals surface area (Å²) >= 11 is 3.62. The number of hydrogen-bond donors (Lipinski definition) is 3. The molecule has 0 unspecified atom stereocenters. The van der Waals surface area contributed by atoms with E-state index in [1.807, 2.05) is 35.4 Å². The average Bonchev–Trinajstić information content (AvgIpc) is 3.72. The van der Waals surface area contributed by atoms with E-state index in [0.29, 0.717) is 56.4 Å². The molecule has 2 fully saturated rings. The number of aromatic amines is 1. The van der Waals surface area contributed by atoms with E-state index in [1.165, 1.54) is 4.31 Å². The van der Waals surface area contributed by atoms with Crippen LogP contribution in [0.3, 0.4) is 0 Å². The third-order valence-electron chi connectivity index (χ3n) is 8.24. The topological polar surface area (TPSA) is 143 Å². The van der Waals surface area contributed by atoms with Crippen molar-refractivity contribution in [2.45, 2.75) is 43.5 Å². The summed E-state index contributed by atoms with van der Waals surface area (Å²) in [6.07, 6.45) is 2.53. The van der Waals surface area contributed by atoms with Crippen molar-refractivity contribution in [1.29, 1.82) is 0 Å². The third-order valence-corrected chi connectivity index (χ3v) is 11.7. The van der Waals surface area contributed by atoms with Crippen molar-refractivity contribution in [2.24, 2.45) is 0 Å². The molecule has 5 heterocycles. The number of pyridine rings is 1. The van der Waals surface area contributed by atoms with Gasteiger partial charge in [-0.3, -0.25) is 4.90 Å². The second-order valence-electron chi connectivity index (χ2n) is 10.9. The lowest BCUT2D eigenvalue weighted by Gasteiger charge is -2.26. The fraction of sp³-hybridized carbons (Fsp3) is 0.429. The number of morpholine rings is 1. The molecule has 0 spiro atoms. The Kier molecular flexibility index (Phi) is 8.39. The second kappa shape index (κ2) is 11.9. The number of nitrogens with one attached hydrogen (secondary N) is 2. The van der Waals surface area contributed by atoms with Crippen LogP contribution in [0, 0.1) is 13.8 Å². The van der Waals surface area contributed by atoms with Crippen LogP contribution in [0.4, 0.5) is 5.69 Å². The number of likely N-dealkylation sites (tertiary alicyclic amines) is 1. The number of H-pyrrole nitrogens is 1. The fourth-order valence-electron chi connectivity index (χ4n) is 5.90. The van der Waals surface area contributed by atoms with Crippen LogP contribution in [0.5, 0.6) is 0 Å². The van der Waals surface area contributed by atoms with E-state index in [9.17, 15) is 16.8 Å². The molecule has 0 amide bonds. The number of thiol groups is 1. The Bertz CT molecular complexity index is 1860. The number of aromatic nitrogens is 4. The molecule has 15 heteroatoms. The zero-order chi connectivity index (χ0) is 30.5. The van der Waals surface area contributed by atoms with Gasteiger partial charge >= 0.3 is 0 Å². The lowest BCUT2D eigenvalue weighted by Crippen LogP contribution is -2.40. The lowest BCUT2D eigenvalue weighted by atomic mass is 10.2. The first-order chi connectivity index (χ1) is 20.5. The predicted molar refractivity (Wildman–Crippen MR) is 169 cm³/mol. The summed E-state index contributed by atoms with van der Waals surface area (Å²) in [5.74, 6) is 0.644. The maximum absolute atomic E-state index is 13.3. The van der Waals surface area contributed by atoms with Crippen molar-refractivity contribution in [2.75, 3.05) is 44.7 Å². The van der Waals surface area contributed by atoms with E-state index in [-0.39, 0.29) is 10.9 Å². The molecular weight excluding hydrogens is 658 g/mol. The summed E-state index contributed by atoms with van der Waals surface area (Å²) in [6, 6.07) is 9.09. The molecule has 1 aromatic carbocycles. The molecule has 0 saturated carbocycles. The van der Waals surface area contributed by atoms with E-state index >= 15 is 0 Å². The van der Waals surface area contributed by atoms with Crippen LogP contribution in [-0.2, 0) is 25.5 Å². The summed E-state index contributed by atoms with van der Waals surface area (Å²) < 4.78 is 59.3. The van der Waals surface area contributed by atoms with E-state index in [0.717, 1.165) is 39.2 Å². The van der Waals surface area contributed by atoms with Gasteiger partial charge in [-0.05, 0) is 67.4 Å². The first kappa shape index (κ1) is 30.2. The highest BCUT2D eigenvalue weighted by atomic mass is 79.9. The minimum Gasteiger partial charge on any atom is -0.379 e. The van der Waals surface area contributed by atoms with Crippen molar-refractivity contribution in [3.8, 4) is 17.1 Å². The fourth-order valence-corrected chi connectivity index (χ4v) is 8.23. The summed E-state index contributed by atoms with van der Waals surface area (Å²) in [5, 5.41) is 3.06. The summed E-state index contributed by atoms with van der Waals surface area (Å²) in [7, 11) is -6.16. The van der Waals surface area contributed by atoms with Gasteiger partial charge in [0.05, 0.1) is 28.3 Å². The van der Waals surface area contributed by atoms with Crippen LogP contribution in [0.2, 0.25) is 0 Å². The Hall–Kier alpha value is -2.82. The predicted octanol–water partition coefficient (Wildman–Crippen LogP) is 3.26. The Morgan fingerprint density at radius 2 is 1.93 bits per heavy atom. The monoisotopic (exact) mass is 691 g/mol. The molecule has 230 valence electrons. The first-order valence-corrected chi connectivity index (χ1v) is 17.6. The van der Waals surface area contributed by atoms with Crippen LogP contribution in [0.1, 0.15) is 24.7 Å². The number of rotatable bonds is 8. The zero-order valence-electron chi connectivity index (χ0n) is 24.1. The highest BCUT2D eigenvalue weighted by molar-refractivity contribution is 9.10. The quantitative estimate of drug-likeness (QED) is 0.237. The van der Waals surface area contributed by atoms with Crippen LogP contribution in [0.15, 0.2) is 45.9 Å². The zero-order valence-corrected chi connectivity index (χ0v) is 27.4. The van der Waals surface area contributed by atoms with Gasteiger partial charge in [0.2, 0.25) is 10.0 Å². The number of nitrogens with zero attached hydrogens (tertiary/aromatic N) is 5. The third kappa shape index (κ3) is 5.73. The van der Waals surface area contributed by atoms with E-state index in [2.05, 4.69) is 31.2 Å². The smallest absolute Gasteiger partial charge is 0.243 e. The number of imidazole rings is 1. The van der Waals surface area contributed by atoms with Crippen molar-refractivity contribution in [3.05, 3.63) is 52.4 Å². The maximum Gasteiger partial charge on any atom is 0.243 e. The largest absolute Gasteiger partial charge is 0.379 e. The molecule has 0 bridgehead atoms. The SMILES string of the molecule is Cc1cc(-c2nc3c(N[C@H]4CCN([C@H](C)[SH](=O)=O)C4)c(Br)cnc3[nH]2)c(C)n1-c1cccc(S(=O)(=O)N2CCOCC2)c1. The number of fused-ring (bicyclic) bond motifs is 1. The van der Waals surface area contributed by atoms with Crippen LogP contribution in [-0.4, -0.2) is 96.4 Å². The molecule has 2 aliphatic heterocycles. The number of anilines is 1. The molecule has 4 aromatic rings. The number of aryl methyl sites for hydroxylation is 1. The first-order valence-electron chi connectivity index (χ1n) is 14.1. The number of halogens is 1. The Morgan fingerprint density at radius 3 is 2.67 bits per heavy atom.